The summed E-state index contributed by atoms with van der Waals surface area (Å²) < 4.78 is 32.8. The van der Waals surface area contributed by atoms with Crippen molar-refractivity contribution in [1.29, 1.82) is 0 Å². The van der Waals surface area contributed by atoms with Gasteiger partial charge in [0.1, 0.15) is 11.5 Å². The normalized spacial score (nSPS) is 11.0. The van der Waals surface area contributed by atoms with Gasteiger partial charge in [0.25, 0.3) is 10.0 Å². The number of ether oxygens (including phenoxy) is 1. The molecule has 3 N–H and O–H groups in total. The fourth-order valence-corrected chi connectivity index (χ4v) is 4.52. The van der Waals surface area contributed by atoms with Crippen molar-refractivity contribution in [2.45, 2.75) is 9.79 Å². The van der Waals surface area contributed by atoms with Crippen molar-refractivity contribution in [3.05, 3.63) is 71.8 Å². The molecule has 10 heteroatoms. The summed E-state index contributed by atoms with van der Waals surface area (Å²) in [6.45, 7) is 0. The van der Waals surface area contributed by atoms with Crippen LogP contribution in [0.5, 0.6) is 11.5 Å². The smallest absolute Gasteiger partial charge is 0.261 e. The van der Waals surface area contributed by atoms with Crippen LogP contribution in [-0.4, -0.2) is 32.3 Å². The molecule has 0 aromatic heterocycles. The summed E-state index contributed by atoms with van der Waals surface area (Å²) in [6.07, 6.45) is 0. The third kappa shape index (κ3) is 6.30. The second-order valence-corrected chi connectivity index (χ2v) is 9.47. The lowest BCUT2D eigenvalue weighted by atomic mass is 10.3. The maximum Gasteiger partial charge on any atom is 0.261 e. The molecule has 0 unspecified atom stereocenters. The minimum absolute atomic E-state index is 0.00528. The van der Waals surface area contributed by atoms with E-state index in [2.05, 4.69) is 10.0 Å². The minimum Gasteiger partial charge on any atom is -0.506 e. The average molecular weight is 479 g/mol. The molecule has 3 aromatic carbocycles. The quantitative estimate of drug-likeness (QED) is 0.323. The van der Waals surface area contributed by atoms with E-state index >= 15 is 0 Å². The van der Waals surface area contributed by atoms with Crippen molar-refractivity contribution >= 4 is 50.7 Å². The highest BCUT2D eigenvalue weighted by Gasteiger charge is 2.17. The van der Waals surface area contributed by atoms with E-state index in [1.807, 2.05) is 12.1 Å². The SMILES string of the molecule is COc1ccc(SCC(=O)Nc2cc(S(=O)(=O)Nc3cccc(Cl)c3)ccc2O)cc1. The number of rotatable bonds is 8. The zero-order valence-electron chi connectivity index (χ0n) is 16.3. The van der Waals surface area contributed by atoms with Gasteiger partial charge in [-0.2, -0.15) is 0 Å². The maximum atomic E-state index is 12.7. The minimum atomic E-state index is -3.96. The lowest BCUT2D eigenvalue weighted by Crippen LogP contribution is -2.16. The topological polar surface area (TPSA) is 105 Å². The fraction of sp³-hybridized carbons (Fsp3) is 0.0952. The van der Waals surface area contributed by atoms with E-state index in [9.17, 15) is 18.3 Å². The molecule has 0 fully saturated rings. The first-order valence-corrected chi connectivity index (χ1v) is 11.8. The molecule has 31 heavy (non-hydrogen) atoms. The number of methoxy groups -OCH3 is 1. The van der Waals surface area contributed by atoms with Crippen molar-refractivity contribution < 1.29 is 23.1 Å². The summed E-state index contributed by atoms with van der Waals surface area (Å²) in [5.41, 5.74) is 0.288. The maximum absolute atomic E-state index is 12.7. The molecular formula is C21H19ClN2O5S2. The van der Waals surface area contributed by atoms with E-state index in [0.717, 1.165) is 4.90 Å². The highest BCUT2D eigenvalue weighted by atomic mass is 35.5. The molecule has 0 saturated heterocycles. The first-order valence-electron chi connectivity index (χ1n) is 8.95. The van der Waals surface area contributed by atoms with Gasteiger partial charge in [0.2, 0.25) is 5.91 Å². The highest BCUT2D eigenvalue weighted by Crippen LogP contribution is 2.29. The van der Waals surface area contributed by atoms with Crippen molar-refractivity contribution in [3.63, 3.8) is 0 Å². The second-order valence-electron chi connectivity index (χ2n) is 6.31. The third-order valence-electron chi connectivity index (χ3n) is 4.06. The van der Waals surface area contributed by atoms with Gasteiger partial charge in [-0.05, 0) is 60.7 Å². The number of aromatic hydroxyl groups is 1. The molecule has 0 atom stereocenters. The van der Waals surface area contributed by atoms with E-state index in [1.165, 1.54) is 36.0 Å². The van der Waals surface area contributed by atoms with Gasteiger partial charge in [0.05, 0.1) is 29.1 Å². The Bertz CT molecular complexity index is 1180. The number of hydrogen-bond acceptors (Lipinski definition) is 6. The molecule has 0 radical (unpaired) electrons. The second kappa shape index (κ2) is 9.95. The Kier molecular flexibility index (Phi) is 7.32. The van der Waals surface area contributed by atoms with Gasteiger partial charge in [-0.25, -0.2) is 8.42 Å². The number of phenolic OH excluding ortho intramolecular Hbond substituents is 1. The van der Waals surface area contributed by atoms with Crippen LogP contribution >= 0.6 is 23.4 Å². The zero-order valence-corrected chi connectivity index (χ0v) is 18.7. The monoisotopic (exact) mass is 478 g/mol. The van der Waals surface area contributed by atoms with Crippen molar-refractivity contribution in [3.8, 4) is 11.5 Å². The molecule has 0 heterocycles. The van der Waals surface area contributed by atoms with Crippen molar-refractivity contribution in [1.82, 2.24) is 0 Å². The zero-order chi connectivity index (χ0) is 22.4. The predicted molar refractivity (Wildman–Crippen MR) is 123 cm³/mol. The van der Waals surface area contributed by atoms with Crippen LogP contribution in [0.15, 0.2) is 76.5 Å². The number of amides is 1. The number of phenols is 1. The number of benzene rings is 3. The molecule has 0 spiro atoms. The number of sulfonamides is 1. The molecule has 0 aliphatic heterocycles. The summed E-state index contributed by atoms with van der Waals surface area (Å²) in [6, 6.07) is 17.1. The summed E-state index contributed by atoms with van der Waals surface area (Å²) >= 11 is 7.18. The first kappa shape index (κ1) is 22.8. The van der Waals surface area contributed by atoms with Gasteiger partial charge in [0.15, 0.2) is 0 Å². The Balaban J connectivity index is 1.68. The van der Waals surface area contributed by atoms with Gasteiger partial charge >= 0.3 is 0 Å². The lowest BCUT2D eigenvalue weighted by molar-refractivity contribution is -0.113. The van der Waals surface area contributed by atoms with Gasteiger partial charge in [-0.3, -0.25) is 9.52 Å². The number of thioether (sulfide) groups is 1. The molecule has 0 saturated carbocycles. The van der Waals surface area contributed by atoms with Crippen LogP contribution < -0.4 is 14.8 Å². The van der Waals surface area contributed by atoms with E-state index in [4.69, 9.17) is 16.3 Å². The number of halogens is 1. The number of carbonyl (C=O) groups is 1. The molecule has 1 amide bonds. The van der Waals surface area contributed by atoms with Gasteiger partial charge in [-0.1, -0.05) is 17.7 Å². The molecule has 3 aromatic rings. The van der Waals surface area contributed by atoms with Crippen LogP contribution in [-0.2, 0) is 14.8 Å². The lowest BCUT2D eigenvalue weighted by Gasteiger charge is -2.12. The summed E-state index contributed by atoms with van der Waals surface area (Å²) in [7, 11) is -2.38. The number of hydrogen-bond donors (Lipinski definition) is 3. The van der Waals surface area contributed by atoms with Crippen molar-refractivity contribution in [2.24, 2.45) is 0 Å². The standard InChI is InChI=1S/C21H19ClN2O5S2/c1-29-16-5-7-17(8-6-16)30-13-21(26)23-19-12-18(9-10-20(19)25)31(27,28)24-15-4-2-3-14(22)11-15/h2-12,24-25H,13H2,1H3,(H,23,26). The van der Waals surface area contributed by atoms with Crippen LogP contribution in [0.2, 0.25) is 5.02 Å². The molecule has 0 aliphatic rings. The Hall–Kier alpha value is -2.88. The number of anilines is 2. The highest BCUT2D eigenvalue weighted by molar-refractivity contribution is 8.00. The van der Waals surface area contributed by atoms with Gasteiger partial charge in [0, 0.05) is 9.92 Å². The van der Waals surface area contributed by atoms with Crippen LogP contribution in [0.4, 0.5) is 11.4 Å². The first-order chi connectivity index (χ1) is 14.8. The predicted octanol–water partition coefficient (Wildman–Crippen LogP) is 4.59. The Morgan fingerprint density at radius 1 is 1.10 bits per heavy atom. The molecule has 0 aliphatic carbocycles. The van der Waals surface area contributed by atoms with E-state index in [-0.39, 0.29) is 22.1 Å². The molecule has 7 nitrogen and oxygen atoms in total. The summed E-state index contributed by atoms with van der Waals surface area (Å²) in [4.78, 5) is 13.0. The van der Waals surface area contributed by atoms with E-state index < -0.39 is 15.9 Å². The largest absolute Gasteiger partial charge is 0.506 e. The van der Waals surface area contributed by atoms with Crippen LogP contribution in [0.25, 0.3) is 0 Å². The molecule has 162 valence electrons. The van der Waals surface area contributed by atoms with Crippen LogP contribution in [0, 0.1) is 0 Å². The van der Waals surface area contributed by atoms with E-state index in [1.54, 1.807) is 37.4 Å². The molecular weight excluding hydrogens is 460 g/mol. The van der Waals surface area contributed by atoms with Crippen molar-refractivity contribution in [2.75, 3.05) is 22.9 Å². The Labute approximate surface area is 189 Å². The van der Waals surface area contributed by atoms with E-state index in [0.29, 0.717) is 16.5 Å². The van der Waals surface area contributed by atoms with Crippen LogP contribution in [0.3, 0.4) is 0 Å². The molecule has 0 bridgehead atoms. The number of carbonyl (C=O) groups excluding carboxylic acids is 1. The average Bonchev–Trinajstić information content (AvgIpc) is 2.74. The summed E-state index contributed by atoms with van der Waals surface area (Å²) in [5.74, 6) is 0.143. The summed E-state index contributed by atoms with van der Waals surface area (Å²) in [5, 5.41) is 13.0. The van der Waals surface area contributed by atoms with Gasteiger partial charge < -0.3 is 15.2 Å². The van der Waals surface area contributed by atoms with Crippen LogP contribution in [0.1, 0.15) is 0 Å². The fourth-order valence-electron chi connectivity index (χ4n) is 2.56. The Morgan fingerprint density at radius 2 is 1.84 bits per heavy atom. The number of nitrogens with one attached hydrogen (secondary N) is 2. The molecule has 3 rings (SSSR count). The third-order valence-corrected chi connectivity index (χ3v) is 6.68. The Morgan fingerprint density at radius 3 is 2.52 bits per heavy atom. The van der Waals surface area contributed by atoms with Gasteiger partial charge in [-0.15, -0.1) is 11.8 Å².